The van der Waals surface area contributed by atoms with Gasteiger partial charge in [-0.2, -0.15) is 0 Å². The predicted molar refractivity (Wildman–Crippen MR) is 110 cm³/mol. The topological polar surface area (TPSA) is 59.8 Å². The molecule has 1 aliphatic heterocycles. The Bertz CT molecular complexity index is 848. The third-order valence-corrected chi connectivity index (χ3v) is 6.49. The van der Waals surface area contributed by atoms with Crippen molar-refractivity contribution in [1.82, 2.24) is 0 Å². The molecule has 0 radical (unpaired) electrons. The molecular weight excluding hydrogens is 380 g/mol. The number of likely N-dealkylation sites (N-methyl/N-ethyl adjacent to an activating group) is 1. The van der Waals surface area contributed by atoms with Crippen LogP contribution in [0.5, 0.6) is 0 Å². The molecule has 0 spiro atoms. The molecule has 0 bridgehead atoms. The van der Waals surface area contributed by atoms with E-state index in [0.29, 0.717) is 22.7 Å². The van der Waals surface area contributed by atoms with Crippen LogP contribution in [0, 0.1) is 0 Å². The number of carbonyl (C=O) groups is 2. The summed E-state index contributed by atoms with van der Waals surface area (Å²) in [5, 5.41) is 3.57. The Hall–Kier alpha value is -1.83. The molecular formula is C20H25N2O3S2+. The lowest BCUT2D eigenvalue weighted by molar-refractivity contribution is -0.895. The first-order valence-electron chi connectivity index (χ1n) is 9.20. The average molecular weight is 406 g/mol. The predicted octanol–water partition coefficient (Wildman–Crippen LogP) is 2.86. The van der Waals surface area contributed by atoms with E-state index >= 15 is 0 Å². The molecule has 2 heterocycles. The van der Waals surface area contributed by atoms with Crippen LogP contribution in [0.2, 0.25) is 0 Å². The summed E-state index contributed by atoms with van der Waals surface area (Å²) in [6.07, 6.45) is 0.824. The molecule has 1 atom stereocenters. The normalized spacial score (nSPS) is 15.9. The summed E-state index contributed by atoms with van der Waals surface area (Å²) in [5.41, 5.74) is 2.17. The molecule has 1 aromatic heterocycles. The van der Waals surface area contributed by atoms with Crippen molar-refractivity contribution in [1.29, 1.82) is 0 Å². The maximum atomic E-state index is 12.8. The number of thiophene rings is 1. The minimum Gasteiger partial charge on any atom is -0.462 e. The second-order valence-corrected chi connectivity index (χ2v) is 8.92. The minimum absolute atomic E-state index is 0.196. The highest BCUT2D eigenvalue weighted by atomic mass is 32.2. The van der Waals surface area contributed by atoms with Gasteiger partial charge in [0.15, 0.2) is 0 Å². The van der Waals surface area contributed by atoms with Crippen LogP contribution >= 0.6 is 23.1 Å². The van der Waals surface area contributed by atoms with E-state index in [1.54, 1.807) is 24.8 Å². The van der Waals surface area contributed by atoms with E-state index in [1.807, 2.05) is 18.2 Å². The number of esters is 1. The SMILES string of the molecule is CCOC(=O)c1c(NC(=O)c2cccc(SCC)c2)sc2c1CC[NH+](C)C2. The Kier molecular flexibility index (Phi) is 6.57. The molecule has 1 aliphatic rings. The number of nitrogens with one attached hydrogen (secondary N) is 2. The maximum Gasteiger partial charge on any atom is 0.341 e. The highest BCUT2D eigenvalue weighted by Gasteiger charge is 2.30. The molecule has 0 aliphatic carbocycles. The van der Waals surface area contributed by atoms with Crippen LogP contribution in [0.1, 0.15) is 45.0 Å². The van der Waals surface area contributed by atoms with Crippen molar-refractivity contribution in [2.45, 2.75) is 31.7 Å². The number of amides is 1. The van der Waals surface area contributed by atoms with Gasteiger partial charge < -0.3 is 15.0 Å². The first-order valence-corrected chi connectivity index (χ1v) is 11.0. The second-order valence-electron chi connectivity index (χ2n) is 6.48. The van der Waals surface area contributed by atoms with E-state index in [9.17, 15) is 9.59 Å². The van der Waals surface area contributed by atoms with E-state index in [4.69, 9.17) is 4.74 Å². The number of rotatable bonds is 6. The number of quaternary nitrogens is 1. The Morgan fingerprint density at radius 3 is 2.89 bits per heavy atom. The highest BCUT2D eigenvalue weighted by Crippen LogP contribution is 2.35. The molecule has 2 N–H and O–H groups in total. The number of anilines is 1. The lowest BCUT2D eigenvalue weighted by Gasteiger charge is -2.19. The number of thioether (sulfide) groups is 1. The maximum absolute atomic E-state index is 12.8. The van der Waals surface area contributed by atoms with Crippen LogP contribution < -0.4 is 10.2 Å². The number of benzene rings is 1. The van der Waals surface area contributed by atoms with Gasteiger partial charge in [0.2, 0.25) is 0 Å². The monoisotopic (exact) mass is 405 g/mol. The number of carbonyl (C=O) groups excluding carboxylic acids is 2. The summed E-state index contributed by atoms with van der Waals surface area (Å²) < 4.78 is 5.26. The fourth-order valence-electron chi connectivity index (χ4n) is 3.20. The van der Waals surface area contributed by atoms with Gasteiger partial charge in [0.25, 0.3) is 5.91 Å². The lowest BCUT2D eigenvalue weighted by atomic mass is 10.0. The number of fused-ring (bicyclic) bond motifs is 1. The van der Waals surface area contributed by atoms with Gasteiger partial charge in [-0.25, -0.2) is 4.79 Å². The highest BCUT2D eigenvalue weighted by molar-refractivity contribution is 7.99. The first-order chi connectivity index (χ1) is 13.0. The molecule has 3 rings (SSSR count). The summed E-state index contributed by atoms with van der Waals surface area (Å²) in [7, 11) is 2.14. The largest absolute Gasteiger partial charge is 0.462 e. The molecule has 0 fully saturated rings. The van der Waals surface area contributed by atoms with Crippen molar-refractivity contribution in [2.75, 3.05) is 31.3 Å². The van der Waals surface area contributed by atoms with Gasteiger partial charge in [0.1, 0.15) is 11.5 Å². The van der Waals surface area contributed by atoms with Gasteiger partial charge in [-0.3, -0.25) is 4.79 Å². The van der Waals surface area contributed by atoms with Gasteiger partial charge in [-0.1, -0.05) is 13.0 Å². The number of ether oxygens (including phenoxy) is 1. The van der Waals surface area contributed by atoms with Crippen molar-refractivity contribution in [3.63, 3.8) is 0 Å². The van der Waals surface area contributed by atoms with Gasteiger partial charge in [0, 0.05) is 16.9 Å². The van der Waals surface area contributed by atoms with Crippen LogP contribution in [-0.2, 0) is 17.7 Å². The summed E-state index contributed by atoms with van der Waals surface area (Å²) >= 11 is 3.19. The number of hydrogen-bond donors (Lipinski definition) is 2. The van der Waals surface area contributed by atoms with Crippen molar-refractivity contribution >= 4 is 40.0 Å². The van der Waals surface area contributed by atoms with Gasteiger partial charge in [-0.05, 0) is 36.4 Å². The summed E-state index contributed by atoms with van der Waals surface area (Å²) in [5.74, 6) is 0.407. The second kappa shape index (κ2) is 8.91. The minimum atomic E-state index is -0.347. The molecule has 1 amide bonds. The van der Waals surface area contributed by atoms with E-state index < -0.39 is 0 Å². The Balaban J connectivity index is 1.90. The van der Waals surface area contributed by atoms with Crippen molar-refractivity contribution in [2.24, 2.45) is 0 Å². The molecule has 0 saturated heterocycles. The zero-order chi connectivity index (χ0) is 19.4. The molecule has 27 heavy (non-hydrogen) atoms. The van der Waals surface area contributed by atoms with Crippen molar-refractivity contribution in [3.8, 4) is 0 Å². The Morgan fingerprint density at radius 2 is 2.15 bits per heavy atom. The van der Waals surface area contributed by atoms with Crippen LogP contribution in [0.4, 0.5) is 5.00 Å². The average Bonchev–Trinajstić information content (AvgIpc) is 2.99. The molecule has 2 aromatic rings. The fourth-order valence-corrected chi connectivity index (χ4v) is 5.26. The zero-order valence-electron chi connectivity index (χ0n) is 15.9. The third kappa shape index (κ3) is 4.54. The smallest absolute Gasteiger partial charge is 0.341 e. The molecule has 1 aromatic carbocycles. The number of hydrogen-bond acceptors (Lipinski definition) is 5. The van der Waals surface area contributed by atoms with Crippen LogP contribution in [0.3, 0.4) is 0 Å². The van der Waals surface area contributed by atoms with Gasteiger partial charge in [0.05, 0.1) is 30.6 Å². The van der Waals surface area contributed by atoms with Gasteiger partial charge >= 0.3 is 5.97 Å². The third-order valence-electron chi connectivity index (χ3n) is 4.47. The molecule has 1 unspecified atom stereocenters. The summed E-state index contributed by atoms with van der Waals surface area (Å²) in [6.45, 7) is 6.03. The van der Waals surface area contributed by atoms with Crippen LogP contribution in [-0.4, -0.2) is 37.8 Å². The Labute approximate surface area is 168 Å². The quantitative estimate of drug-likeness (QED) is 0.573. The summed E-state index contributed by atoms with van der Waals surface area (Å²) in [6, 6.07) is 7.57. The zero-order valence-corrected chi connectivity index (χ0v) is 17.5. The lowest BCUT2D eigenvalue weighted by Crippen LogP contribution is -3.08. The van der Waals surface area contributed by atoms with Crippen molar-refractivity contribution < 1.29 is 19.2 Å². The van der Waals surface area contributed by atoms with E-state index in [2.05, 4.69) is 19.3 Å². The van der Waals surface area contributed by atoms with Gasteiger partial charge in [-0.15, -0.1) is 23.1 Å². The van der Waals surface area contributed by atoms with E-state index in [1.165, 1.54) is 16.2 Å². The molecule has 5 nitrogen and oxygen atoms in total. The standard InChI is InChI=1S/C20H24N2O3S2/c1-4-25-20(24)17-15-9-10-22(3)12-16(15)27-19(17)21-18(23)13-7-6-8-14(11-13)26-5-2/h6-8,11H,4-5,9-10,12H2,1-3H3,(H,21,23)/p+1. The fraction of sp³-hybridized carbons (Fsp3) is 0.400. The molecule has 0 saturated carbocycles. The summed E-state index contributed by atoms with van der Waals surface area (Å²) in [4.78, 5) is 29.0. The van der Waals surface area contributed by atoms with Crippen LogP contribution in [0.15, 0.2) is 29.2 Å². The molecule has 7 heteroatoms. The van der Waals surface area contributed by atoms with Crippen molar-refractivity contribution in [3.05, 3.63) is 45.8 Å². The van der Waals surface area contributed by atoms with E-state index in [0.717, 1.165) is 40.6 Å². The first kappa shape index (κ1) is 19.9. The van der Waals surface area contributed by atoms with E-state index in [-0.39, 0.29) is 11.9 Å². The molecule has 144 valence electrons. The Morgan fingerprint density at radius 1 is 1.33 bits per heavy atom. The van der Waals surface area contributed by atoms with Crippen LogP contribution in [0.25, 0.3) is 0 Å².